The average Bonchev–Trinajstić information content (AvgIpc) is 3.12. The normalized spacial score (nSPS) is 10.8. The van der Waals surface area contributed by atoms with Gasteiger partial charge in [0.05, 0.1) is 10.2 Å². The molecule has 0 N–H and O–H groups in total. The third-order valence-electron chi connectivity index (χ3n) is 4.00. The van der Waals surface area contributed by atoms with Crippen LogP contribution in [0, 0.1) is 0 Å². The van der Waals surface area contributed by atoms with Crippen molar-refractivity contribution in [3.8, 4) is 11.5 Å². The molecule has 0 saturated heterocycles. The summed E-state index contributed by atoms with van der Waals surface area (Å²) in [6, 6.07) is 22.9. The van der Waals surface area contributed by atoms with E-state index >= 15 is 0 Å². The van der Waals surface area contributed by atoms with Crippen molar-refractivity contribution < 1.29 is 4.74 Å². The number of aromatic nitrogens is 1. The third-order valence-corrected chi connectivity index (χ3v) is 4.92. The van der Waals surface area contributed by atoms with E-state index < -0.39 is 0 Å². The van der Waals surface area contributed by atoms with Crippen LogP contribution >= 0.6 is 11.3 Å². The number of nitrogens with zero attached hydrogens (tertiary/aromatic N) is 1. The molecule has 0 bridgehead atoms. The van der Waals surface area contributed by atoms with Gasteiger partial charge in [-0.05, 0) is 47.5 Å². The third kappa shape index (κ3) is 3.31. The molecule has 0 saturated carbocycles. The molecule has 24 heavy (non-hydrogen) atoms. The monoisotopic (exact) mass is 331 g/mol. The number of pyridine rings is 1. The summed E-state index contributed by atoms with van der Waals surface area (Å²) in [6.07, 6.45) is 3.88. The Morgan fingerprint density at radius 3 is 2.33 bits per heavy atom. The number of benzene rings is 2. The molecule has 4 aromatic rings. The Bertz CT molecular complexity index is 929. The summed E-state index contributed by atoms with van der Waals surface area (Å²) >= 11 is 1.65. The van der Waals surface area contributed by atoms with E-state index in [1.165, 1.54) is 11.1 Å². The molecule has 118 valence electrons. The van der Waals surface area contributed by atoms with E-state index in [4.69, 9.17) is 4.74 Å². The molecule has 0 fully saturated rings. The Labute approximate surface area is 145 Å². The first-order valence-electron chi connectivity index (χ1n) is 8.01. The fraction of sp³-hybridized carbons (Fsp3) is 0.0952. The van der Waals surface area contributed by atoms with Crippen LogP contribution < -0.4 is 4.74 Å². The van der Waals surface area contributed by atoms with Crippen molar-refractivity contribution in [1.29, 1.82) is 0 Å². The molecule has 0 aliphatic rings. The Kier molecular flexibility index (Phi) is 4.26. The number of rotatable bonds is 5. The second kappa shape index (κ2) is 6.85. The number of thiophene rings is 1. The molecule has 0 spiro atoms. The first kappa shape index (κ1) is 14.9. The number of hydrogen-bond acceptors (Lipinski definition) is 3. The predicted molar refractivity (Wildman–Crippen MR) is 100.0 cm³/mol. The van der Waals surface area contributed by atoms with Crippen molar-refractivity contribution in [1.82, 2.24) is 4.98 Å². The van der Waals surface area contributed by atoms with Gasteiger partial charge < -0.3 is 4.74 Å². The Hall–Kier alpha value is -2.65. The molecule has 2 aromatic carbocycles. The molecule has 2 nitrogen and oxygen atoms in total. The van der Waals surface area contributed by atoms with Crippen LogP contribution in [0.3, 0.4) is 0 Å². The smallest absolute Gasteiger partial charge is 0.148 e. The van der Waals surface area contributed by atoms with Crippen molar-refractivity contribution >= 4 is 21.6 Å². The molecule has 0 atom stereocenters. The molecule has 2 heterocycles. The summed E-state index contributed by atoms with van der Waals surface area (Å²) in [5.74, 6) is 1.73. The van der Waals surface area contributed by atoms with Gasteiger partial charge in [-0.1, -0.05) is 42.5 Å². The summed E-state index contributed by atoms with van der Waals surface area (Å²) in [4.78, 5) is 4.34. The van der Waals surface area contributed by atoms with Gasteiger partial charge in [-0.15, -0.1) is 11.3 Å². The van der Waals surface area contributed by atoms with Gasteiger partial charge in [-0.3, -0.25) is 4.98 Å². The highest BCUT2D eigenvalue weighted by Crippen LogP contribution is 2.32. The minimum absolute atomic E-state index is 0.861. The van der Waals surface area contributed by atoms with Crippen LogP contribution in [0.5, 0.6) is 11.5 Å². The highest BCUT2D eigenvalue weighted by molar-refractivity contribution is 7.17. The lowest BCUT2D eigenvalue weighted by atomic mass is 10.0. The minimum atomic E-state index is 0.861. The molecular weight excluding hydrogens is 314 g/mol. The van der Waals surface area contributed by atoms with Gasteiger partial charge in [-0.2, -0.15) is 0 Å². The predicted octanol–water partition coefficient (Wildman–Crippen LogP) is 5.87. The van der Waals surface area contributed by atoms with Crippen molar-refractivity contribution in [2.75, 3.05) is 0 Å². The van der Waals surface area contributed by atoms with Crippen molar-refractivity contribution in [2.45, 2.75) is 12.8 Å². The minimum Gasteiger partial charge on any atom is -0.456 e. The van der Waals surface area contributed by atoms with Crippen molar-refractivity contribution in [2.24, 2.45) is 0 Å². The molecule has 3 heteroatoms. The zero-order valence-electron chi connectivity index (χ0n) is 13.2. The molecule has 0 unspecified atom stereocenters. The molecule has 4 rings (SSSR count). The molecular formula is C21H17NOS. The fourth-order valence-electron chi connectivity index (χ4n) is 2.71. The summed E-state index contributed by atoms with van der Waals surface area (Å²) in [7, 11) is 0. The van der Waals surface area contributed by atoms with E-state index in [0.29, 0.717) is 0 Å². The van der Waals surface area contributed by atoms with Gasteiger partial charge in [0.25, 0.3) is 0 Å². The largest absolute Gasteiger partial charge is 0.456 e. The first-order valence-corrected chi connectivity index (χ1v) is 8.89. The van der Waals surface area contributed by atoms with Gasteiger partial charge in [0.1, 0.15) is 11.5 Å². The van der Waals surface area contributed by atoms with Crippen LogP contribution in [0.25, 0.3) is 10.2 Å². The van der Waals surface area contributed by atoms with Gasteiger partial charge in [0.15, 0.2) is 0 Å². The van der Waals surface area contributed by atoms with Gasteiger partial charge in [0.2, 0.25) is 0 Å². The lowest BCUT2D eigenvalue weighted by molar-refractivity contribution is 0.488. The number of hydrogen-bond donors (Lipinski definition) is 0. The average molecular weight is 331 g/mol. The maximum Gasteiger partial charge on any atom is 0.148 e. The molecule has 2 aromatic heterocycles. The van der Waals surface area contributed by atoms with E-state index in [1.54, 1.807) is 17.5 Å². The topological polar surface area (TPSA) is 22.1 Å². The van der Waals surface area contributed by atoms with E-state index in [1.807, 2.05) is 29.6 Å². The second-order valence-corrected chi connectivity index (χ2v) is 6.59. The molecule has 0 amide bonds. The van der Waals surface area contributed by atoms with E-state index in [-0.39, 0.29) is 0 Å². The summed E-state index contributed by atoms with van der Waals surface area (Å²) < 4.78 is 7.13. The highest BCUT2D eigenvalue weighted by atomic mass is 32.1. The van der Waals surface area contributed by atoms with E-state index in [9.17, 15) is 0 Å². The fourth-order valence-corrected chi connectivity index (χ4v) is 3.51. The van der Waals surface area contributed by atoms with Crippen LogP contribution in [0.1, 0.15) is 11.1 Å². The highest BCUT2D eigenvalue weighted by Gasteiger charge is 2.05. The first-order chi connectivity index (χ1) is 11.9. The summed E-state index contributed by atoms with van der Waals surface area (Å²) in [6.45, 7) is 0. The zero-order chi connectivity index (χ0) is 16.2. The second-order valence-electron chi connectivity index (χ2n) is 5.68. The van der Waals surface area contributed by atoms with Crippen LogP contribution in [0.4, 0.5) is 0 Å². The van der Waals surface area contributed by atoms with Crippen LogP contribution in [0.15, 0.2) is 78.3 Å². The number of fused-ring (bicyclic) bond motifs is 1. The maximum atomic E-state index is 6.04. The number of aryl methyl sites for hydroxylation is 2. The molecule has 0 radical (unpaired) electrons. The lowest BCUT2D eigenvalue weighted by Crippen LogP contribution is -1.91. The summed E-state index contributed by atoms with van der Waals surface area (Å²) in [5, 5.41) is 2.04. The number of ether oxygens (including phenoxy) is 1. The zero-order valence-corrected chi connectivity index (χ0v) is 14.0. The van der Waals surface area contributed by atoms with Crippen LogP contribution in [0.2, 0.25) is 0 Å². The van der Waals surface area contributed by atoms with Crippen LogP contribution in [-0.2, 0) is 12.8 Å². The molecule has 0 aliphatic carbocycles. The van der Waals surface area contributed by atoms with E-state index in [2.05, 4.69) is 47.4 Å². The van der Waals surface area contributed by atoms with Gasteiger partial charge >= 0.3 is 0 Å². The maximum absolute atomic E-state index is 6.04. The quantitative estimate of drug-likeness (QED) is 0.456. The Morgan fingerprint density at radius 1 is 0.792 bits per heavy atom. The SMILES string of the molecule is c1ccc(CCc2ccc(Oc3ccnc4ccsc34)cc2)cc1. The van der Waals surface area contributed by atoms with E-state index in [0.717, 1.165) is 34.6 Å². The van der Waals surface area contributed by atoms with Gasteiger partial charge in [-0.25, -0.2) is 0 Å². The van der Waals surface area contributed by atoms with Crippen molar-refractivity contribution in [3.63, 3.8) is 0 Å². The Morgan fingerprint density at radius 2 is 1.54 bits per heavy atom. The Balaban J connectivity index is 1.45. The molecule has 0 aliphatic heterocycles. The van der Waals surface area contributed by atoms with Gasteiger partial charge in [0, 0.05) is 12.3 Å². The lowest BCUT2D eigenvalue weighted by Gasteiger charge is -2.08. The van der Waals surface area contributed by atoms with Crippen molar-refractivity contribution in [3.05, 3.63) is 89.4 Å². The van der Waals surface area contributed by atoms with Crippen LogP contribution in [-0.4, -0.2) is 4.98 Å². The standard InChI is InChI=1S/C21H17NOS/c1-2-4-16(5-3-1)6-7-17-8-10-18(11-9-17)23-20-12-14-22-19-13-15-24-21(19)20/h1-5,8-15H,6-7H2. The summed E-state index contributed by atoms with van der Waals surface area (Å²) in [5.41, 5.74) is 3.67.